The minimum absolute atomic E-state index is 0.0544. The van der Waals surface area contributed by atoms with E-state index in [0.717, 1.165) is 23.4 Å². The average molecular weight is 407 g/mol. The van der Waals surface area contributed by atoms with Gasteiger partial charge in [0, 0.05) is 17.8 Å². The van der Waals surface area contributed by atoms with Crippen molar-refractivity contribution in [2.75, 3.05) is 10.6 Å². The van der Waals surface area contributed by atoms with Crippen LogP contribution in [0, 0.1) is 17.8 Å². The van der Waals surface area contributed by atoms with Gasteiger partial charge in [-0.25, -0.2) is 0 Å². The smallest absolute Gasteiger partial charge is 0.231 e. The lowest BCUT2D eigenvalue weighted by molar-refractivity contribution is -0.119. The van der Waals surface area contributed by atoms with Gasteiger partial charge in [-0.05, 0) is 48.9 Å². The van der Waals surface area contributed by atoms with Gasteiger partial charge in [-0.1, -0.05) is 75.7 Å². The Morgan fingerprint density at radius 2 is 1.37 bits per heavy atom. The van der Waals surface area contributed by atoms with E-state index in [0.29, 0.717) is 18.3 Å². The summed E-state index contributed by atoms with van der Waals surface area (Å²) in [6.07, 6.45) is 3.79. The first kappa shape index (κ1) is 23.4. The van der Waals surface area contributed by atoms with Crippen molar-refractivity contribution in [1.29, 1.82) is 0 Å². The maximum absolute atomic E-state index is 13.2. The Balaban J connectivity index is 2.16. The Bertz CT molecular complexity index is 827. The molecule has 0 aliphatic rings. The number of allylic oxidation sites excluding steroid dienone is 1. The van der Waals surface area contributed by atoms with Crippen molar-refractivity contribution in [1.82, 2.24) is 0 Å². The number of anilines is 2. The van der Waals surface area contributed by atoms with E-state index in [2.05, 4.69) is 44.4 Å². The summed E-state index contributed by atoms with van der Waals surface area (Å²) >= 11 is 0. The lowest BCUT2D eigenvalue weighted by Crippen LogP contribution is -2.27. The molecule has 0 radical (unpaired) electrons. The molecule has 0 saturated heterocycles. The van der Waals surface area contributed by atoms with Crippen molar-refractivity contribution in [3.63, 3.8) is 0 Å². The molecule has 2 aromatic rings. The van der Waals surface area contributed by atoms with Crippen LogP contribution in [0.2, 0.25) is 0 Å². The second-order valence-corrected chi connectivity index (χ2v) is 8.44. The Morgan fingerprint density at radius 1 is 0.833 bits per heavy atom. The van der Waals surface area contributed by atoms with Crippen LogP contribution in [0.3, 0.4) is 0 Å². The van der Waals surface area contributed by atoms with E-state index in [1.165, 1.54) is 0 Å². The molecule has 30 heavy (non-hydrogen) atoms. The van der Waals surface area contributed by atoms with Crippen LogP contribution in [0.25, 0.3) is 0 Å². The van der Waals surface area contributed by atoms with Crippen LogP contribution in [0.15, 0.2) is 72.3 Å². The Kier molecular flexibility index (Phi) is 9.33. The number of amides is 2. The molecule has 0 fully saturated rings. The summed E-state index contributed by atoms with van der Waals surface area (Å²) < 4.78 is 0. The number of benzene rings is 2. The second kappa shape index (κ2) is 12.0. The van der Waals surface area contributed by atoms with E-state index >= 15 is 0 Å². The van der Waals surface area contributed by atoms with Crippen LogP contribution in [-0.2, 0) is 9.59 Å². The summed E-state index contributed by atoms with van der Waals surface area (Å²) in [6, 6.07) is 18.9. The molecule has 0 aromatic heterocycles. The summed E-state index contributed by atoms with van der Waals surface area (Å²) in [6.45, 7) is 8.55. The highest BCUT2D eigenvalue weighted by Crippen LogP contribution is 2.27. The number of rotatable bonds is 10. The lowest BCUT2D eigenvalue weighted by atomic mass is 9.85. The number of hydrogen-bond acceptors (Lipinski definition) is 2. The van der Waals surface area contributed by atoms with Gasteiger partial charge in [-0.2, -0.15) is 0 Å². The van der Waals surface area contributed by atoms with Crippen molar-refractivity contribution in [3.05, 3.63) is 72.3 Å². The molecule has 0 aliphatic carbocycles. The standard InChI is InChI=1S/C26H34N2O2/c1-19(2)17-21(18-20(3)4)24(26(30)28-23-13-9-6-10-14-23)15-16-25(29)27-22-11-7-5-8-12-22/h5-14,17,19-20,24H,15-16,18H2,1-4H3,(H,27,29)(H,28,30)/b21-17+/t24-/m1/s1. The molecule has 0 aliphatic heterocycles. The van der Waals surface area contributed by atoms with E-state index in [4.69, 9.17) is 0 Å². The normalized spacial score (nSPS) is 12.7. The molecule has 4 heteroatoms. The molecule has 4 nitrogen and oxygen atoms in total. The molecule has 0 bridgehead atoms. The number of carbonyl (C=O) groups excluding carboxylic acids is 2. The Morgan fingerprint density at radius 3 is 1.87 bits per heavy atom. The van der Waals surface area contributed by atoms with Gasteiger partial charge < -0.3 is 10.6 Å². The van der Waals surface area contributed by atoms with Gasteiger partial charge in [0.25, 0.3) is 0 Å². The summed E-state index contributed by atoms with van der Waals surface area (Å²) in [5.74, 6) is 0.300. The predicted octanol–water partition coefficient (Wildman–Crippen LogP) is 6.29. The lowest BCUT2D eigenvalue weighted by Gasteiger charge is -2.23. The minimum atomic E-state index is -0.337. The minimum Gasteiger partial charge on any atom is -0.326 e. The fourth-order valence-electron chi connectivity index (χ4n) is 3.48. The number of nitrogens with one attached hydrogen (secondary N) is 2. The highest BCUT2D eigenvalue weighted by molar-refractivity contribution is 5.95. The maximum atomic E-state index is 13.2. The first-order chi connectivity index (χ1) is 14.3. The fourth-order valence-corrected chi connectivity index (χ4v) is 3.48. The van der Waals surface area contributed by atoms with E-state index in [1.54, 1.807) is 0 Å². The van der Waals surface area contributed by atoms with Crippen LogP contribution < -0.4 is 10.6 Å². The third-order valence-electron chi connectivity index (χ3n) is 4.71. The second-order valence-electron chi connectivity index (χ2n) is 8.44. The van der Waals surface area contributed by atoms with Gasteiger partial charge >= 0.3 is 0 Å². The molecule has 0 unspecified atom stereocenters. The van der Waals surface area contributed by atoms with Crippen LogP contribution in [0.5, 0.6) is 0 Å². The zero-order valence-corrected chi connectivity index (χ0v) is 18.5. The third kappa shape index (κ3) is 8.24. The van der Waals surface area contributed by atoms with Crippen molar-refractivity contribution < 1.29 is 9.59 Å². The molecule has 2 amide bonds. The summed E-state index contributed by atoms with van der Waals surface area (Å²) in [4.78, 5) is 25.7. The monoisotopic (exact) mass is 406 g/mol. The summed E-state index contributed by atoms with van der Waals surface area (Å²) in [5.41, 5.74) is 2.66. The number of carbonyl (C=O) groups is 2. The highest BCUT2D eigenvalue weighted by atomic mass is 16.2. The molecule has 0 heterocycles. The van der Waals surface area contributed by atoms with E-state index in [-0.39, 0.29) is 24.2 Å². The van der Waals surface area contributed by atoms with Crippen molar-refractivity contribution in [2.45, 2.75) is 47.0 Å². The molecule has 2 aromatic carbocycles. The van der Waals surface area contributed by atoms with Gasteiger partial charge in [0.05, 0.1) is 5.92 Å². The first-order valence-corrected chi connectivity index (χ1v) is 10.8. The summed E-state index contributed by atoms with van der Waals surface area (Å²) in [7, 11) is 0. The van der Waals surface area contributed by atoms with Gasteiger partial charge in [-0.3, -0.25) is 9.59 Å². The molecular weight excluding hydrogens is 372 g/mol. The first-order valence-electron chi connectivity index (χ1n) is 10.8. The quantitative estimate of drug-likeness (QED) is 0.456. The SMILES string of the molecule is CC(C)/C=C(\CC(C)C)[C@@H](CCC(=O)Nc1ccccc1)C(=O)Nc1ccccc1. The molecule has 2 N–H and O–H groups in total. The zero-order chi connectivity index (χ0) is 21.9. The van der Waals surface area contributed by atoms with Gasteiger partial charge in [0.15, 0.2) is 0 Å². The zero-order valence-electron chi connectivity index (χ0n) is 18.5. The Hall–Kier alpha value is -2.88. The van der Waals surface area contributed by atoms with Gasteiger partial charge in [-0.15, -0.1) is 0 Å². The van der Waals surface area contributed by atoms with E-state index in [9.17, 15) is 9.59 Å². The number of hydrogen-bond donors (Lipinski definition) is 2. The van der Waals surface area contributed by atoms with Crippen molar-refractivity contribution in [3.8, 4) is 0 Å². The Labute approximate surface area is 180 Å². The summed E-state index contributed by atoms with van der Waals surface area (Å²) in [5, 5.41) is 5.95. The highest BCUT2D eigenvalue weighted by Gasteiger charge is 2.25. The van der Waals surface area contributed by atoms with Crippen LogP contribution in [0.1, 0.15) is 47.0 Å². The number of para-hydroxylation sites is 2. The van der Waals surface area contributed by atoms with Gasteiger partial charge in [0.1, 0.15) is 0 Å². The molecule has 160 valence electrons. The molecular formula is C26H34N2O2. The molecule has 0 saturated carbocycles. The topological polar surface area (TPSA) is 58.2 Å². The fraction of sp³-hybridized carbons (Fsp3) is 0.385. The predicted molar refractivity (Wildman–Crippen MR) is 125 cm³/mol. The van der Waals surface area contributed by atoms with Gasteiger partial charge in [0.2, 0.25) is 11.8 Å². The van der Waals surface area contributed by atoms with E-state index in [1.807, 2.05) is 60.7 Å². The molecule has 1 atom stereocenters. The van der Waals surface area contributed by atoms with Crippen LogP contribution in [-0.4, -0.2) is 11.8 Å². The molecule has 2 rings (SSSR count). The van der Waals surface area contributed by atoms with Crippen LogP contribution >= 0.6 is 0 Å². The average Bonchev–Trinajstić information content (AvgIpc) is 2.68. The largest absolute Gasteiger partial charge is 0.326 e. The molecule has 0 spiro atoms. The van der Waals surface area contributed by atoms with Crippen molar-refractivity contribution >= 4 is 23.2 Å². The van der Waals surface area contributed by atoms with E-state index < -0.39 is 0 Å². The maximum Gasteiger partial charge on any atom is 0.231 e. The third-order valence-corrected chi connectivity index (χ3v) is 4.71. The van der Waals surface area contributed by atoms with Crippen LogP contribution in [0.4, 0.5) is 11.4 Å². The van der Waals surface area contributed by atoms with Crippen molar-refractivity contribution in [2.24, 2.45) is 17.8 Å².